The van der Waals surface area contributed by atoms with Crippen molar-refractivity contribution in [2.45, 2.75) is 12.4 Å². The first-order valence-electron chi connectivity index (χ1n) is 4.74. The summed E-state index contributed by atoms with van der Waals surface area (Å²) in [5.41, 5.74) is 1.01. The van der Waals surface area contributed by atoms with Crippen LogP contribution in [0.4, 0.5) is 10.5 Å². The highest BCUT2D eigenvalue weighted by atomic mass is 35.5. The molecule has 1 atom stereocenters. The second-order valence-corrected chi connectivity index (χ2v) is 4.03. The zero-order valence-electron chi connectivity index (χ0n) is 9.11. The number of benzene rings is 1. The fourth-order valence-electron chi connectivity index (χ4n) is 1.36. The molecule has 0 bridgehead atoms. The van der Waals surface area contributed by atoms with E-state index < -0.39 is 11.6 Å². The number of nitrogens with zero attached hydrogens (tertiary/aromatic N) is 1. The number of anilines is 1. The van der Waals surface area contributed by atoms with Crippen LogP contribution in [0, 0.1) is 6.92 Å². The Morgan fingerprint density at radius 2 is 2.12 bits per heavy atom. The van der Waals surface area contributed by atoms with Gasteiger partial charge in [0.1, 0.15) is 5.50 Å². The van der Waals surface area contributed by atoms with Gasteiger partial charge in [-0.25, -0.2) is 4.79 Å². The molecule has 0 radical (unpaired) electrons. The van der Waals surface area contributed by atoms with E-state index in [9.17, 15) is 4.79 Å². The summed E-state index contributed by atoms with van der Waals surface area (Å²) in [6.07, 6.45) is -0.519. The first-order chi connectivity index (χ1) is 7.61. The molecule has 0 spiro atoms. The third-order valence-electron chi connectivity index (χ3n) is 2.15. The number of methoxy groups -OCH3 is 1. The van der Waals surface area contributed by atoms with E-state index >= 15 is 0 Å². The number of amides is 1. The van der Waals surface area contributed by atoms with Crippen molar-refractivity contribution in [2.24, 2.45) is 0 Å². The van der Waals surface area contributed by atoms with Gasteiger partial charge >= 0.3 is 6.09 Å². The standard InChI is InChI=1S/C11H13Cl2NO2/c1-8-5-3-4-6-9(8)14(10(13)7-12)11(15)16-2/h3-6,10H,7H2,1-2H3. The van der Waals surface area contributed by atoms with E-state index in [4.69, 9.17) is 23.2 Å². The number of hydrogen-bond donors (Lipinski definition) is 0. The van der Waals surface area contributed by atoms with Crippen molar-refractivity contribution in [3.8, 4) is 0 Å². The largest absolute Gasteiger partial charge is 0.452 e. The lowest BCUT2D eigenvalue weighted by atomic mass is 10.2. The van der Waals surface area contributed by atoms with Crippen LogP contribution in [0.15, 0.2) is 24.3 Å². The quantitative estimate of drug-likeness (QED) is 0.617. The predicted octanol–water partition coefficient (Wildman–Crippen LogP) is 3.37. The summed E-state index contributed by atoms with van der Waals surface area (Å²) in [6.45, 7) is 1.89. The molecule has 0 N–H and O–H groups in total. The minimum atomic E-state index is -0.629. The highest BCUT2D eigenvalue weighted by Crippen LogP contribution is 2.24. The van der Waals surface area contributed by atoms with Gasteiger partial charge in [-0.1, -0.05) is 29.8 Å². The second kappa shape index (κ2) is 5.97. The molecule has 0 aliphatic carbocycles. The molecule has 0 fully saturated rings. The van der Waals surface area contributed by atoms with Gasteiger partial charge in [-0.05, 0) is 18.6 Å². The molecule has 0 saturated heterocycles. The SMILES string of the molecule is COC(=O)N(c1ccccc1C)C(Cl)CCl. The van der Waals surface area contributed by atoms with Crippen LogP contribution in [0.2, 0.25) is 0 Å². The molecule has 1 aromatic carbocycles. The van der Waals surface area contributed by atoms with Crippen LogP contribution in [-0.4, -0.2) is 24.6 Å². The first-order valence-corrected chi connectivity index (χ1v) is 5.71. The van der Waals surface area contributed by atoms with Crippen molar-refractivity contribution in [1.29, 1.82) is 0 Å². The number of ether oxygens (including phenoxy) is 1. The van der Waals surface area contributed by atoms with Crippen LogP contribution in [0.1, 0.15) is 5.56 Å². The lowest BCUT2D eigenvalue weighted by molar-refractivity contribution is 0.178. The highest BCUT2D eigenvalue weighted by Gasteiger charge is 2.24. The molecule has 1 rings (SSSR count). The lowest BCUT2D eigenvalue weighted by Crippen LogP contribution is -2.38. The van der Waals surface area contributed by atoms with Gasteiger partial charge in [0.25, 0.3) is 0 Å². The normalized spacial score (nSPS) is 12.0. The number of para-hydroxylation sites is 1. The average Bonchev–Trinajstić information content (AvgIpc) is 2.31. The van der Waals surface area contributed by atoms with Gasteiger partial charge in [0.2, 0.25) is 0 Å². The topological polar surface area (TPSA) is 29.5 Å². The van der Waals surface area contributed by atoms with Gasteiger partial charge in [0.15, 0.2) is 0 Å². The van der Waals surface area contributed by atoms with Crippen LogP contribution < -0.4 is 4.90 Å². The third kappa shape index (κ3) is 2.80. The van der Waals surface area contributed by atoms with Gasteiger partial charge < -0.3 is 4.74 Å². The van der Waals surface area contributed by atoms with Crippen molar-refractivity contribution in [2.75, 3.05) is 17.9 Å². The summed E-state index contributed by atoms with van der Waals surface area (Å²) in [5.74, 6) is 0.130. The predicted molar refractivity (Wildman–Crippen MR) is 66.4 cm³/mol. The van der Waals surface area contributed by atoms with Crippen LogP contribution in [0.3, 0.4) is 0 Å². The minimum absolute atomic E-state index is 0.130. The first kappa shape index (κ1) is 13.1. The summed E-state index contributed by atoms with van der Waals surface area (Å²) in [6, 6.07) is 7.41. The fraction of sp³-hybridized carbons (Fsp3) is 0.364. The number of carbonyl (C=O) groups is 1. The Hall–Kier alpha value is -0.930. The van der Waals surface area contributed by atoms with E-state index in [-0.39, 0.29) is 5.88 Å². The van der Waals surface area contributed by atoms with Crippen molar-refractivity contribution < 1.29 is 9.53 Å². The average molecular weight is 262 g/mol. The Kier molecular flexibility index (Phi) is 4.90. The number of rotatable bonds is 3. The van der Waals surface area contributed by atoms with E-state index in [1.54, 1.807) is 6.07 Å². The summed E-state index contributed by atoms with van der Waals surface area (Å²) in [5, 5.41) is 0. The van der Waals surface area contributed by atoms with Crippen molar-refractivity contribution in [3.05, 3.63) is 29.8 Å². The number of carbonyl (C=O) groups excluding carboxylic acids is 1. The van der Waals surface area contributed by atoms with E-state index in [1.165, 1.54) is 12.0 Å². The Morgan fingerprint density at radius 3 is 2.62 bits per heavy atom. The number of alkyl halides is 2. The molecule has 0 aliphatic rings. The summed E-state index contributed by atoms with van der Waals surface area (Å²) in [4.78, 5) is 13.0. The van der Waals surface area contributed by atoms with Gasteiger partial charge in [-0.3, -0.25) is 4.90 Å². The molecule has 3 nitrogen and oxygen atoms in total. The molecule has 0 heterocycles. The third-order valence-corrected chi connectivity index (χ3v) is 2.95. The van der Waals surface area contributed by atoms with Gasteiger partial charge in [-0.15, -0.1) is 11.6 Å². The molecule has 0 saturated carbocycles. The Balaban J connectivity index is 3.11. The Bertz CT molecular complexity index is 371. The number of hydrogen-bond acceptors (Lipinski definition) is 2. The Labute approximate surface area is 105 Å². The fourth-order valence-corrected chi connectivity index (χ4v) is 1.69. The zero-order chi connectivity index (χ0) is 12.1. The lowest BCUT2D eigenvalue weighted by Gasteiger charge is -2.26. The van der Waals surface area contributed by atoms with Crippen LogP contribution >= 0.6 is 23.2 Å². The second-order valence-electron chi connectivity index (χ2n) is 3.22. The smallest absolute Gasteiger partial charge is 0.415 e. The monoisotopic (exact) mass is 261 g/mol. The molecule has 88 valence electrons. The summed E-state index contributed by atoms with van der Waals surface area (Å²) in [7, 11) is 1.31. The van der Waals surface area contributed by atoms with Crippen LogP contribution in [-0.2, 0) is 4.74 Å². The molecule has 0 aliphatic heterocycles. The molecule has 1 unspecified atom stereocenters. The van der Waals surface area contributed by atoms with Crippen molar-refractivity contribution >= 4 is 35.0 Å². The molecule has 0 aromatic heterocycles. The van der Waals surface area contributed by atoms with E-state index in [1.807, 2.05) is 25.1 Å². The number of halogens is 2. The molecular formula is C11H13Cl2NO2. The van der Waals surface area contributed by atoms with E-state index in [0.29, 0.717) is 5.69 Å². The van der Waals surface area contributed by atoms with Gasteiger partial charge in [0.05, 0.1) is 18.7 Å². The van der Waals surface area contributed by atoms with Crippen molar-refractivity contribution in [3.63, 3.8) is 0 Å². The summed E-state index contributed by atoms with van der Waals surface area (Å²) >= 11 is 11.7. The molecule has 1 aromatic rings. The number of aryl methyl sites for hydroxylation is 1. The van der Waals surface area contributed by atoms with E-state index in [0.717, 1.165) is 5.56 Å². The van der Waals surface area contributed by atoms with Crippen LogP contribution in [0.5, 0.6) is 0 Å². The maximum atomic E-state index is 11.6. The molecule has 16 heavy (non-hydrogen) atoms. The molecule has 1 amide bonds. The maximum Gasteiger partial charge on any atom is 0.415 e. The minimum Gasteiger partial charge on any atom is -0.452 e. The summed E-state index contributed by atoms with van der Waals surface area (Å²) < 4.78 is 4.69. The zero-order valence-corrected chi connectivity index (χ0v) is 10.6. The molecular weight excluding hydrogens is 249 g/mol. The van der Waals surface area contributed by atoms with Gasteiger partial charge in [0, 0.05) is 0 Å². The Morgan fingerprint density at radius 1 is 1.50 bits per heavy atom. The van der Waals surface area contributed by atoms with Crippen LogP contribution in [0.25, 0.3) is 0 Å². The van der Waals surface area contributed by atoms with E-state index in [2.05, 4.69) is 4.74 Å². The van der Waals surface area contributed by atoms with Crippen molar-refractivity contribution in [1.82, 2.24) is 0 Å². The molecule has 5 heteroatoms. The highest BCUT2D eigenvalue weighted by molar-refractivity contribution is 6.30. The maximum absolute atomic E-state index is 11.6. The van der Waals surface area contributed by atoms with Gasteiger partial charge in [-0.2, -0.15) is 0 Å².